The van der Waals surface area contributed by atoms with E-state index in [0.29, 0.717) is 5.22 Å². The molecule has 1 unspecified atom stereocenters. The maximum Gasteiger partial charge on any atom is 0.193 e. The highest BCUT2D eigenvalue weighted by molar-refractivity contribution is 6.28. The Morgan fingerprint density at radius 2 is 2.33 bits per heavy atom. The fourth-order valence-electron chi connectivity index (χ4n) is 1.08. The van der Waals surface area contributed by atoms with Crippen molar-refractivity contribution in [1.82, 2.24) is 5.32 Å². The van der Waals surface area contributed by atoms with Gasteiger partial charge < -0.3 is 9.15 Å². The number of furan rings is 1. The third kappa shape index (κ3) is 1.93. The molecule has 0 amide bonds. The van der Waals surface area contributed by atoms with Crippen molar-refractivity contribution in [3.8, 4) is 0 Å². The average molecular weight is 210 g/mol. The molecule has 2 heterocycles. The summed E-state index contributed by atoms with van der Waals surface area (Å²) in [5.41, 5.74) is 0. The van der Waals surface area contributed by atoms with E-state index in [2.05, 4.69) is 5.32 Å². The van der Waals surface area contributed by atoms with Gasteiger partial charge in [-0.05, 0) is 23.7 Å². The zero-order valence-electron chi connectivity index (χ0n) is 6.25. The molecule has 1 N–H and O–H groups in total. The first-order valence-electron chi connectivity index (χ1n) is 3.46. The number of nitrogens with one attached hydrogen (secondary N) is 1. The Hall–Kier alpha value is -0.220. The summed E-state index contributed by atoms with van der Waals surface area (Å²) in [4.78, 5) is 0. The predicted octanol–water partition coefficient (Wildman–Crippen LogP) is 1.97. The Morgan fingerprint density at radius 3 is 2.83 bits per heavy atom. The molecular weight excluding hydrogens is 201 g/mol. The maximum absolute atomic E-state index is 5.59. The first kappa shape index (κ1) is 9.86. The van der Waals surface area contributed by atoms with E-state index in [1.165, 1.54) is 0 Å². The highest BCUT2D eigenvalue weighted by atomic mass is 35.5. The van der Waals surface area contributed by atoms with Gasteiger partial charge in [0.15, 0.2) is 11.4 Å². The van der Waals surface area contributed by atoms with Crippen LogP contribution in [0.2, 0.25) is 5.22 Å². The minimum atomic E-state index is -0.109. The molecule has 1 aliphatic heterocycles. The summed E-state index contributed by atoms with van der Waals surface area (Å²) in [5.74, 6) is 0.743. The van der Waals surface area contributed by atoms with Crippen LogP contribution in [-0.4, -0.2) is 13.2 Å². The molecule has 1 atom stereocenters. The lowest BCUT2D eigenvalue weighted by atomic mass is 10.4. The average Bonchev–Trinajstić information content (AvgIpc) is 2.55. The van der Waals surface area contributed by atoms with Gasteiger partial charge in [-0.1, -0.05) is 0 Å². The zero-order chi connectivity index (χ0) is 7.68. The van der Waals surface area contributed by atoms with Crippen LogP contribution in [0.25, 0.3) is 0 Å². The molecule has 0 saturated carbocycles. The summed E-state index contributed by atoms with van der Waals surface area (Å²) in [6.07, 6.45) is -0.109. The molecule has 2 rings (SSSR count). The molecule has 5 heteroatoms. The molecule has 0 aromatic carbocycles. The predicted molar refractivity (Wildman–Crippen MR) is 47.7 cm³/mol. The van der Waals surface area contributed by atoms with E-state index in [1.54, 1.807) is 6.07 Å². The summed E-state index contributed by atoms with van der Waals surface area (Å²) in [5, 5.41) is 3.51. The minimum Gasteiger partial charge on any atom is -0.445 e. The van der Waals surface area contributed by atoms with Gasteiger partial charge in [-0.3, -0.25) is 5.32 Å². The lowest BCUT2D eigenvalue weighted by molar-refractivity contribution is 0.0834. The second-order valence-corrected chi connectivity index (χ2v) is 2.72. The maximum atomic E-state index is 5.59. The number of ether oxygens (including phenoxy) is 1. The van der Waals surface area contributed by atoms with Crippen LogP contribution in [0.4, 0.5) is 0 Å². The topological polar surface area (TPSA) is 34.4 Å². The molecule has 1 aliphatic rings. The molecule has 1 fully saturated rings. The summed E-state index contributed by atoms with van der Waals surface area (Å²) in [7, 11) is 0. The SMILES string of the molecule is Cl.Clc1ccc(C2NCCO2)o1. The highest BCUT2D eigenvalue weighted by Gasteiger charge is 2.19. The molecule has 0 aliphatic carbocycles. The Balaban J connectivity index is 0.000000720. The lowest BCUT2D eigenvalue weighted by Crippen LogP contribution is -2.12. The number of rotatable bonds is 1. The standard InChI is InChI=1S/C7H8ClNO2.ClH/c8-6-2-1-5(11-6)7-9-3-4-10-7;/h1-2,7,9H,3-4H2;1H. The molecule has 1 aromatic rings. The van der Waals surface area contributed by atoms with Crippen molar-refractivity contribution >= 4 is 24.0 Å². The molecular formula is C7H9Cl2NO2. The molecule has 12 heavy (non-hydrogen) atoms. The second-order valence-electron chi connectivity index (χ2n) is 2.35. The summed E-state index contributed by atoms with van der Waals surface area (Å²) in [6, 6.07) is 3.52. The van der Waals surface area contributed by atoms with Gasteiger partial charge in [0, 0.05) is 6.54 Å². The summed E-state index contributed by atoms with van der Waals surface area (Å²) < 4.78 is 10.4. The quantitative estimate of drug-likeness (QED) is 0.769. The van der Waals surface area contributed by atoms with E-state index in [1.807, 2.05) is 6.07 Å². The number of hydrogen-bond acceptors (Lipinski definition) is 3. The van der Waals surface area contributed by atoms with Crippen molar-refractivity contribution in [2.24, 2.45) is 0 Å². The van der Waals surface area contributed by atoms with Crippen LogP contribution in [0.15, 0.2) is 16.5 Å². The van der Waals surface area contributed by atoms with Gasteiger partial charge in [0.05, 0.1) is 6.61 Å². The van der Waals surface area contributed by atoms with Gasteiger partial charge >= 0.3 is 0 Å². The number of halogens is 2. The lowest BCUT2D eigenvalue weighted by Gasteiger charge is -2.04. The van der Waals surface area contributed by atoms with Gasteiger partial charge in [0.25, 0.3) is 0 Å². The molecule has 0 radical (unpaired) electrons. The van der Waals surface area contributed by atoms with E-state index < -0.39 is 0 Å². The van der Waals surface area contributed by atoms with E-state index in [-0.39, 0.29) is 18.6 Å². The van der Waals surface area contributed by atoms with Gasteiger partial charge in [-0.15, -0.1) is 12.4 Å². The van der Waals surface area contributed by atoms with Crippen LogP contribution >= 0.6 is 24.0 Å². The van der Waals surface area contributed by atoms with Gasteiger partial charge in [-0.2, -0.15) is 0 Å². The van der Waals surface area contributed by atoms with E-state index in [0.717, 1.165) is 18.9 Å². The molecule has 1 saturated heterocycles. The van der Waals surface area contributed by atoms with Crippen molar-refractivity contribution in [2.75, 3.05) is 13.2 Å². The van der Waals surface area contributed by atoms with E-state index in [9.17, 15) is 0 Å². The fourth-order valence-corrected chi connectivity index (χ4v) is 1.23. The van der Waals surface area contributed by atoms with Crippen LogP contribution in [-0.2, 0) is 4.74 Å². The van der Waals surface area contributed by atoms with Crippen LogP contribution < -0.4 is 5.32 Å². The molecule has 0 bridgehead atoms. The Kier molecular flexibility index (Phi) is 3.40. The first-order valence-corrected chi connectivity index (χ1v) is 3.84. The third-order valence-electron chi connectivity index (χ3n) is 1.57. The van der Waals surface area contributed by atoms with Crippen molar-refractivity contribution in [3.05, 3.63) is 23.1 Å². The molecule has 0 spiro atoms. The van der Waals surface area contributed by atoms with E-state index in [4.69, 9.17) is 20.8 Å². The van der Waals surface area contributed by atoms with Crippen molar-refractivity contribution < 1.29 is 9.15 Å². The Bertz CT molecular complexity index is 245. The second kappa shape index (κ2) is 4.14. The van der Waals surface area contributed by atoms with Crippen molar-refractivity contribution in [3.63, 3.8) is 0 Å². The fraction of sp³-hybridized carbons (Fsp3) is 0.429. The van der Waals surface area contributed by atoms with Crippen molar-refractivity contribution in [2.45, 2.75) is 6.23 Å². The van der Waals surface area contributed by atoms with Gasteiger partial charge in [0.2, 0.25) is 0 Å². The first-order chi connectivity index (χ1) is 5.36. The van der Waals surface area contributed by atoms with Crippen LogP contribution in [0.1, 0.15) is 12.0 Å². The summed E-state index contributed by atoms with van der Waals surface area (Å²) in [6.45, 7) is 1.59. The van der Waals surface area contributed by atoms with E-state index >= 15 is 0 Å². The van der Waals surface area contributed by atoms with Gasteiger partial charge in [-0.25, -0.2) is 0 Å². The van der Waals surface area contributed by atoms with Crippen LogP contribution in [0.3, 0.4) is 0 Å². The Labute approximate surface area is 81.4 Å². The summed E-state index contributed by atoms with van der Waals surface area (Å²) >= 11 is 5.59. The largest absolute Gasteiger partial charge is 0.445 e. The highest BCUT2D eigenvalue weighted by Crippen LogP contribution is 2.22. The third-order valence-corrected chi connectivity index (χ3v) is 1.77. The van der Waals surface area contributed by atoms with Crippen LogP contribution in [0.5, 0.6) is 0 Å². The Morgan fingerprint density at radius 1 is 1.50 bits per heavy atom. The number of hydrogen-bond donors (Lipinski definition) is 1. The normalized spacial score (nSPS) is 22.2. The molecule has 68 valence electrons. The monoisotopic (exact) mass is 209 g/mol. The van der Waals surface area contributed by atoms with Crippen molar-refractivity contribution in [1.29, 1.82) is 0 Å². The zero-order valence-corrected chi connectivity index (χ0v) is 7.82. The molecule has 1 aromatic heterocycles. The van der Waals surface area contributed by atoms with Gasteiger partial charge in [0.1, 0.15) is 5.76 Å². The smallest absolute Gasteiger partial charge is 0.193 e. The van der Waals surface area contributed by atoms with Crippen LogP contribution in [0, 0.1) is 0 Å². The molecule has 3 nitrogen and oxygen atoms in total. The minimum absolute atomic E-state index is 0.